The minimum absolute atomic E-state index is 0. The fraction of sp³-hybridized carbons (Fsp3) is 0.357. The molecule has 5 nitrogen and oxygen atoms in total. The maximum atomic E-state index is 12.4. The van der Waals surface area contributed by atoms with Gasteiger partial charge in [-0.25, -0.2) is 9.07 Å². The smallest absolute Gasteiger partial charge is 0.160 e. The van der Waals surface area contributed by atoms with Crippen molar-refractivity contribution >= 4 is 18.2 Å². The van der Waals surface area contributed by atoms with E-state index in [2.05, 4.69) is 10.4 Å². The summed E-state index contributed by atoms with van der Waals surface area (Å²) < 4.78 is 19.1. The molecule has 0 radical (unpaired) electrons. The first-order valence-corrected chi connectivity index (χ1v) is 6.34. The molecule has 0 saturated heterocycles. The molecule has 0 aliphatic rings. The van der Waals surface area contributed by atoms with Gasteiger partial charge in [0.2, 0.25) is 0 Å². The molecule has 2 rings (SSSR count). The van der Waals surface area contributed by atoms with Crippen molar-refractivity contribution in [2.75, 3.05) is 19.1 Å². The van der Waals surface area contributed by atoms with Crippen LogP contribution in [0.4, 0.5) is 10.2 Å². The van der Waals surface area contributed by atoms with Crippen LogP contribution in [0.1, 0.15) is 11.1 Å². The predicted octanol–water partition coefficient (Wildman–Crippen LogP) is 2.91. The Morgan fingerprint density at radius 2 is 2.19 bits per heavy atom. The Balaban J connectivity index is 0.00000220. The molecule has 7 heteroatoms. The summed E-state index contributed by atoms with van der Waals surface area (Å²) in [5.41, 5.74) is 1.91. The normalized spacial score (nSPS) is 10.0. The minimum Gasteiger partial charge on any atom is -0.504 e. The molecule has 1 aromatic carbocycles. The lowest BCUT2D eigenvalue weighted by atomic mass is 10.2. The molecular formula is C14H19ClFN3O2. The Bertz CT molecular complexity index is 590. The second-order valence-corrected chi connectivity index (χ2v) is 4.45. The monoisotopic (exact) mass is 315 g/mol. The number of methoxy groups -OCH3 is 1. The van der Waals surface area contributed by atoms with E-state index in [9.17, 15) is 9.50 Å². The number of benzene rings is 1. The van der Waals surface area contributed by atoms with Crippen molar-refractivity contribution in [2.24, 2.45) is 0 Å². The van der Waals surface area contributed by atoms with Gasteiger partial charge in [0.15, 0.2) is 11.5 Å². The van der Waals surface area contributed by atoms with E-state index in [1.807, 2.05) is 6.92 Å². The molecule has 0 bridgehead atoms. The van der Waals surface area contributed by atoms with Crippen molar-refractivity contribution in [3.8, 4) is 11.5 Å². The van der Waals surface area contributed by atoms with Crippen molar-refractivity contribution in [3.05, 3.63) is 35.5 Å². The van der Waals surface area contributed by atoms with Crippen LogP contribution < -0.4 is 10.1 Å². The SMILES string of the molecule is COc1cc(CNc2c(C)cnn2CCF)ccc1O.Cl. The highest BCUT2D eigenvalue weighted by Crippen LogP contribution is 2.26. The number of nitrogens with zero attached hydrogens (tertiary/aromatic N) is 2. The van der Waals surface area contributed by atoms with E-state index in [0.29, 0.717) is 12.3 Å². The maximum Gasteiger partial charge on any atom is 0.160 e. The van der Waals surface area contributed by atoms with E-state index in [1.165, 1.54) is 7.11 Å². The van der Waals surface area contributed by atoms with Gasteiger partial charge in [-0.3, -0.25) is 0 Å². The number of aryl methyl sites for hydroxylation is 2. The Morgan fingerprint density at radius 1 is 1.43 bits per heavy atom. The Kier molecular flexibility index (Phi) is 6.30. The van der Waals surface area contributed by atoms with E-state index in [4.69, 9.17) is 4.74 Å². The zero-order valence-electron chi connectivity index (χ0n) is 12.0. The lowest BCUT2D eigenvalue weighted by molar-refractivity contribution is 0.373. The second-order valence-electron chi connectivity index (χ2n) is 4.45. The number of phenols is 1. The standard InChI is InChI=1S/C14H18FN3O2.ClH/c1-10-8-17-18(6-5-15)14(10)16-9-11-3-4-12(19)13(7-11)20-2;/h3-4,7-8,16,19H,5-6,9H2,1-2H3;1H. The minimum atomic E-state index is -0.456. The van der Waals surface area contributed by atoms with Crippen LogP contribution in [0.3, 0.4) is 0 Å². The number of aromatic hydroxyl groups is 1. The molecule has 0 atom stereocenters. The number of phenolic OH excluding ortho intramolecular Hbond substituents is 1. The molecular weight excluding hydrogens is 297 g/mol. The van der Waals surface area contributed by atoms with E-state index >= 15 is 0 Å². The predicted molar refractivity (Wildman–Crippen MR) is 82.2 cm³/mol. The Labute approximate surface area is 129 Å². The molecule has 0 saturated carbocycles. The van der Waals surface area contributed by atoms with Crippen LogP contribution in [-0.2, 0) is 13.1 Å². The molecule has 1 heterocycles. The molecule has 0 aliphatic carbocycles. The first-order chi connectivity index (χ1) is 9.65. The summed E-state index contributed by atoms with van der Waals surface area (Å²) in [5, 5.41) is 16.9. The highest BCUT2D eigenvalue weighted by molar-refractivity contribution is 5.85. The van der Waals surface area contributed by atoms with Gasteiger partial charge in [0.1, 0.15) is 12.5 Å². The number of hydrogen-bond acceptors (Lipinski definition) is 4. The van der Waals surface area contributed by atoms with Crippen molar-refractivity contribution in [1.82, 2.24) is 9.78 Å². The van der Waals surface area contributed by atoms with Gasteiger partial charge >= 0.3 is 0 Å². The molecule has 0 fully saturated rings. The van der Waals surface area contributed by atoms with Gasteiger partial charge in [0.25, 0.3) is 0 Å². The molecule has 0 unspecified atom stereocenters. The van der Waals surface area contributed by atoms with Crippen molar-refractivity contribution in [2.45, 2.75) is 20.0 Å². The third kappa shape index (κ3) is 4.01. The highest BCUT2D eigenvalue weighted by Gasteiger charge is 2.08. The largest absolute Gasteiger partial charge is 0.504 e. The van der Waals surface area contributed by atoms with Crippen molar-refractivity contribution in [1.29, 1.82) is 0 Å². The number of nitrogens with one attached hydrogen (secondary N) is 1. The molecule has 116 valence electrons. The maximum absolute atomic E-state index is 12.4. The fourth-order valence-corrected chi connectivity index (χ4v) is 1.98. The summed E-state index contributed by atoms with van der Waals surface area (Å²) in [6, 6.07) is 5.14. The summed E-state index contributed by atoms with van der Waals surface area (Å²) in [4.78, 5) is 0. The average Bonchev–Trinajstić information content (AvgIpc) is 2.79. The van der Waals surface area contributed by atoms with Gasteiger partial charge < -0.3 is 15.2 Å². The lowest BCUT2D eigenvalue weighted by Gasteiger charge is -2.11. The lowest BCUT2D eigenvalue weighted by Crippen LogP contribution is -2.10. The van der Waals surface area contributed by atoms with E-state index in [-0.39, 0.29) is 24.7 Å². The number of anilines is 1. The van der Waals surface area contributed by atoms with Crippen LogP contribution in [0.2, 0.25) is 0 Å². The number of halogens is 2. The summed E-state index contributed by atoms with van der Waals surface area (Å²) in [7, 11) is 1.51. The van der Waals surface area contributed by atoms with Crippen LogP contribution >= 0.6 is 12.4 Å². The van der Waals surface area contributed by atoms with Gasteiger partial charge in [-0.2, -0.15) is 5.10 Å². The Morgan fingerprint density at radius 3 is 2.86 bits per heavy atom. The van der Waals surface area contributed by atoms with Crippen LogP contribution in [0.5, 0.6) is 11.5 Å². The third-order valence-electron chi connectivity index (χ3n) is 3.02. The van der Waals surface area contributed by atoms with Crippen molar-refractivity contribution in [3.63, 3.8) is 0 Å². The molecule has 2 aromatic rings. The van der Waals surface area contributed by atoms with Crippen molar-refractivity contribution < 1.29 is 14.2 Å². The number of rotatable bonds is 6. The van der Waals surface area contributed by atoms with Gasteiger partial charge in [-0.1, -0.05) is 6.07 Å². The molecule has 21 heavy (non-hydrogen) atoms. The topological polar surface area (TPSA) is 59.3 Å². The average molecular weight is 316 g/mol. The summed E-state index contributed by atoms with van der Waals surface area (Å²) in [6.07, 6.45) is 1.70. The molecule has 1 aromatic heterocycles. The van der Waals surface area contributed by atoms with E-state index in [0.717, 1.165) is 16.9 Å². The third-order valence-corrected chi connectivity index (χ3v) is 3.02. The quantitative estimate of drug-likeness (QED) is 0.860. The molecule has 0 spiro atoms. The van der Waals surface area contributed by atoms with Crippen LogP contribution in [0, 0.1) is 6.92 Å². The fourth-order valence-electron chi connectivity index (χ4n) is 1.98. The number of ether oxygens (including phenoxy) is 1. The van der Waals surface area contributed by atoms with E-state index < -0.39 is 6.67 Å². The number of alkyl halides is 1. The summed E-state index contributed by atoms with van der Waals surface area (Å²) in [5.74, 6) is 1.34. The summed E-state index contributed by atoms with van der Waals surface area (Å²) >= 11 is 0. The van der Waals surface area contributed by atoms with Gasteiger partial charge in [0.05, 0.1) is 19.9 Å². The number of hydrogen-bond donors (Lipinski definition) is 2. The summed E-state index contributed by atoms with van der Waals surface area (Å²) in [6.45, 7) is 2.23. The second kappa shape index (κ2) is 7.73. The first kappa shape index (κ1) is 17.1. The van der Waals surface area contributed by atoms with Gasteiger partial charge in [0, 0.05) is 12.1 Å². The van der Waals surface area contributed by atoms with Gasteiger partial charge in [-0.15, -0.1) is 12.4 Å². The number of aromatic nitrogens is 2. The molecule has 0 aliphatic heterocycles. The van der Waals surface area contributed by atoms with Gasteiger partial charge in [-0.05, 0) is 24.6 Å². The Hall–Kier alpha value is -1.95. The van der Waals surface area contributed by atoms with Crippen LogP contribution in [0.15, 0.2) is 24.4 Å². The van der Waals surface area contributed by atoms with E-state index in [1.54, 1.807) is 29.1 Å². The van der Waals surface area contributed by atoms with Crippen LogP contribution in [0.25, 0.3) is 0 Å². The first-order valence-electron chi connectivity index (χ1n) is 6.34. The molecule has 2 N–H and O–H groups in total. The van der Waals surface area contributed by atoms with Crippen LogP contribution in [-0.4, -0.2) is 28.7 Å². The molecule has 0 amide bonds. The highest BCUT2D eigenvalue weighted by atomic mass is 35.5. The zero-order valence-corrected chi connectivity index (χ0v) is 12.8. The zero-order chi connectivity index (χ0) is 14.5.